The van der Waals surface area contributed by atoms with Crippen molar-refractivity contribution >= 4 is 23.3 Å². The minimum Gasteiger partial charge on any atom is -0.389 e. The monoisotopic (exact) mass is 402 g/mol. The molecule has 0 amide bonds. The number of aromatic nitrogens is 1. The summed E-state index contributed by atoms with van der Waals surface area (Å²) < 4.78 is 44.8. The molecule has 2 unspecified atom stereocenters. The fourth-order valence-electron chi connectivity index (χ4n) is 3.43. The first-order valence-electron chi connectivity index (χ1n) is 8.40. The van der Waals surface area contributed by atoms with Crippen LogP contribution in [-0.4, -0.2) is 41.8 Å². The topological polar surface area (TPSA) is 46.4 Å². The van der Waals surface area contributed by atoms with Crippen molar-refractivity contribution < 1.29 is 23.0 Å². The molecule has 1 aliphatic rings. The molecular weight excluding hydrogens is 381 g/mol. The van der Waals surface area contributed by atoms with Gasteiger partial charge < -0.3 is 15.0 Å². The van der Waals surface area contributed by atoms with Gasteiger partial charge in [-0.3, -0.25) is 4.74 Å². The van der Waals surface area contributed by atoms with Gasteiger partial charge in [0.15, 0.2) is 0 Å². The molecule has 2 N–H and O–H groups in total. The van der Waals surface area contributed by atoms with Crippen molar-refractivity contribution in [2.75, 3.05) is 13.6 Å². The average Bonchev–Trinajstić information content (AvgIpc) is 3.00. The number of alkyl halides is 3. The Morgan fingerprint density at radius 3 is 2.74 bits per heavy atom. The van der Waals surface area contributed by atoms with Gasteiger partial charge in [0.05, 0.1) is 18.2 Å². The second-order valence-electron chi connectivity index (χ2n) is 6.23. The Balaban J connectivity index is 0.00000261. The lowest BCUT2D eigenvalue weighted by atomic mass is 9.91. The number of ether oxygens (including phenoxy) is 1. The Hall–Kier alpha value is -1.80. The number of rotatable bonds is 6. The zero-order valence-electron chi connectivity index (χ0n) is 14.7. The number of benzene rings is 1. The number of halogens is 4. The van der Waals surface area contributed by atoms with Gasteiger partial charge in [-0.05, 0) is 36.6 Å². The molecule has 3 atom stereocenters. The first-order valence-corrected chi connectivity index (χ1v) is 8.40. The van der Waals surface area contributed by atoms with Gasteiger partial charge in [0.25, 0.3) is 0 Å². The van der Waals surface area contributed by atoms with E-state index in [9.17, 15) is 18.3 Å². The van der Waals surface area contributed by atoms with E-state index in [1.54, 1.807) is 31.5 Å². The summed E-state index contributed by atoms with van der Waals surface area (Å²) in [6, 6.07) is 8.76. The standard InChI is InChI=1S/C19H21F3N2O2.ClH/c1-23-12-16(25)18(24-11-10-13-6-2-4-8-15(13)24)14-7-3-5-9-17(14)26-19(20,21)22;/h2-8,10-11,16-18,23,25H,9,12H2,1H3;1H/t16?,17?,18-;/m0./s1. The summed E-state index contributed by atoms with van der Waals surface area (Å²) >= 11 is 0. The number of likely N-dealkylation sites (N-methyl/N-ethyl adjacent to an activating group) is 1. The predicted octanol–water partition coefficient (Wildman–Crippen LogP) is 3.98. The van der Waals surface area contributed by atoms with Crippen LogP contribution in [0.15, 0.2) is 60.3 Å². The van der Waals surface area contributed by atoms with E-state index in [4.69, 9.17) is 0 Å². The summed E-state index contributed by atoms with van der Waals surface area (Å²) in [7, 11) is 1.69. The van der Waals surface area contributed by atoms with Crippen molar-refractivity contribution in [1.29, 1.82) is 0 Å². The minimum atomic E-state index is -4.74. The van der Waals surface area contributed by atoms with Gasteiger partial charge in [-0.2, -0.15) is 0 Å². The maximum Gasteiger partial charge on any atom is 0.523 e. The normalized spacial score (nSPS) is 19.4. The van der Waals surface area contributed by atoms with Crippen LogP contribution in [-0.2, 0) is 4.74 Å². The highest BCUT2D eigenvalue weighted by Gasteiger charge is 2.39. The molecule has 27 heavy (non-hydrogen) atoms. The van der Waals surface area contributed by atoms with Crippen LogP contribution in [0.4, 0.5) is 13.2 Å². The maximum absolute atomic E-state index is 12.9. The van der Waals surface area contributed by atoms with E-state index in [1.807, 2.05) is 34.9 Å². The van der Waals surface area contributed by atoms with Gasteiger partial charge >= 0.3 is 6.36 Å². The molecule has 8 heteroatoms. The Labute approximate surface area is 161 Å². The van der Waals surface area contributed by atoms with Crippen LogP contribution in [0.3, 0.4) is 0 Å². The third kappa shape index (κ3) is 4.93. The first-order chi connectivity index (χ1) is 12.4. The van der Waals surface area contributed by atoms with Crippen molar-refractivity contribution in [3.63, 3.8) is 0 Å². The van der Waals surface area contributed by atoms with Crippen LogP contribution >= 0.6 is 12.4 Å². The van der Waals surface area contributed by atoms with Crippen molar-refractivity contribution in [1.82, 2.24) is 9.88 Å². The number of para-hydroxylation sites is 1. The summed E-state index contributed by atoms with van der Waals surface area (Å²) in [6.07, 6.45) is 0.00644. The molecule has 0 radical (unpaired) electrons. The summed E-state index contributed by atoms with van der Waals surface area (Å²) in [5, 5.41) is 14.6. The van der Waals surface area contributed by atoms with Crippen LogP contribution in [0, 0.1) is 0 Å². The minimum absolute atomic E-state index is 0. The number of fused-ring (bicyclic) bond motifs is 1. The van der Waals surface area contributed by atoms with Crippen molar-refractivity contribution in [2.24, 2.45) is 0 Å². The third-order valence-corrected chi connectivity index (χ3v) is 4.47. The SMILES string of the molecule is CNCC(O)[C@H](C1=CC=CCC1OC(F)(F)F)n1ccc2ccccc21.Cl. The van der Waals surface area contributed by atoms with Gasteiger partial charge in [-0.15, -0.1) is 25.6 Å². The first kappa shape index (κ1) is 21.5. The molecule has 0 saturated heterocycles. The largest absolute Gasteiger partial charge is 0.523 e. The maximum atomic E-state index is 12.9. The molecule has 3 rings (SSSR count). The van der Waals surface area contributed by atoms with E-state index in [-0.39, 0.29) is 25.4 Å². The van der Waals surface area contributed by atoms with Gasteiger partial charge in [-0.1, -0.05) is 36.4 Å². The molecule has 1 aromatic carbocycles. The number of nitrogens with one attached hydrogen (secondary N) is 1. The third-order valence-electron chi connectivity index (χ3n) is 4.47. The summed E-state index contributed by atoms with van der Waals surface area (Å²) in [5.74, 6) is 0. The lowest BCUT2D eigenvalue weighted by Crippen LogP contribution is -2.38. The highest BCUT2D eigenvalue weighted by molar-refractivity contribution is 5.85. The van der Waals surface area contributed by atoms with Crippen LogP contribution in [0.5, 0.6) is 0 Å². The molecule has 4 nitrogen and oxygen atoms in total. The van der Waals surface area contributed by atoms with Crippen molar-refractivity contribution in [3.8, 4) is 0 Å². The van der Waals surface area contributed by atoms with E-state index < -0.39 is 24.6 Å². The number of aliphatic hydroxyl groups is 1. The molecule has 1 aromatic heterocycles. The van der Waals surface area contributed by atoms with Crippen molar-refractivity contribution in [3.05, 3.63) is 60.3 Å². The molecule has 0 saturated carbocycles. The van der Waals surface area contributed by atoms with E-state index in [0.29, 0.717) is 5.57 Å². The van der Waals surface area contributed by atoms with Gasteiger partial charge in [0.1, 0.15) is 0 Å². The van der Waals surface area contributed by atoms with Gasteiger partial charge in [0.2, 0.25) is 0 Å². The molecule has 0 aliphatic heterocycles. The molecule has 2 aromatic rings. The number of hydrogen-bond acceptors (Lipinski definition) is 3. The summed E-state index contributed by atoms with van der Waals surface area (Å²) in [4.78, 5) is 0. The van der Waals surface area contributed by atoms with Gasteiger partial charge in [0, 0.05) is 18.3 Å². The van der Waals surface area contributed by atoms with Crippen LogP contribution < -0.4 is 5.32 Å². The number of nitrogens with zero attached hydrogens (tertiary/aromatic N) is 1. The molecule has 0 fully saturated rings. The molecule has 1 aliphatic carbocycles. The van der Waals surface area contributed by atoms with E-state index >= 15 is 0 Å². The fraction of sp³-hybridized carbons (Fsp3) is 0.368. The van der Waals surface area contributed by atoms with Crippen LogP contribution in [0.25, 0.3) is 10.9 Å². The van der Waals surface area contributed by atoms with E-state index in [0.717, 1.165) is 10.9 Å². The Kier molecular flexibility index (Phi) is 7.11. The Morgan fingerprint density at radius 1 is 1.30 bits per heavy atom. The number of aliphatic hydroxyl groups excluding tert-OH is 1. The molecular formula is C19H22ClF3N2O2. The molecule has 0 spiro atoms. The Bertz CT molecular complexity index is 817. The summed E-state index contributed by atoms with van der Waals surface area (Å²) in [5.41, 5.74) is 1.24. The number of hydrogen-bond donors (Lipinski definition) is 2. The fourth-order valence-corrected chi connectivity index (χ4v) is 3.43. The molecule has 148 valence electrons. The second-order valence-corrected chi connectivity index (χ2v) is 6.23. The zero-order valence-corrected chi connectivity index (χ0v) is 15.5. The molecule has 1 heterocycles. The van der Waals surface area contributed by atoms with Crippen LogP contribution in [0.1, 0.15) is 12.5 Å². The smallest absolute Gasteiger partial charge is 0.389 e. The van der Waals surface area contributed by atoms with Crippen molar-refractivity contribution in [2.45, 2.75) is 31.0 Å². The average molecular weight is 403 g/mol. The van der Waals surface area contributed by atoms with E-state index in [1.165, 1.54) is 0 Å². The van der Waals surface area contributed by atoms with Crippen LogP contribution in [0.2, 0.25) is 0 Å². The van der Waals surface area contributed by atoms with E-state index in [2.05, 4.69) is 10.1 Å². The zero-order chi connectivity index (χ0) is 18.7. The predicted molar refractivity (Wildman–Crippen MR) is 101 cm³/mol. The quantitative estimate of drug-likeness (QED) is 0.768. The highest BCUT2D eigenvalue weighted by atomic mass is 35.5. The number of allylic oxidation sites excluding steroid dienone is 2. The lowest BCUT2D eigenvalue weighted by Gasteiger charge is -2.33. The summed E-state index contributed by atoms with van der Waals surface area (Å²) in [6.45, 7) is 0.233. The van der Waals surface area contributed by atoms with Gasteiger partial charge in [-0.25, -0.2) is 0 Å². The Morgan fingerprint density at radius 2 is 2.04 bits per heavy atom. The second kappa shape index (κ2) is 8.93. The lowest BCUT2D eigenvalue weighted by molar-refractivity contribution is -0.338. The molecule has 0 bridgehead atoms. The highest BCUT2D eigenvalue weighted by Crippen LogP contribution is 2.36.